The zero-order valence-corrected chi connectivity index (χ0v) is 17.4. The van der Waals surface area contributed by atoms with Crippen molar-refractivity contribution in [2.75, 3.05) is 31.1 Å². The number of nitro benzene ring substituents is 1. The van der Waals surface area contributed by atoms with Crippen LogP contribution in [0.25, 0.3) is 5.57 Å². The maximum Gasteiger partial charge on any atom is 0.278 e. The van der Waals surface area contributed by atoms with Crippen LogP contribution in [0.15, 0.2) is 54.4 Å². The van der Waals surface area contributed by atoms with Gasteiger partial charge in [-0.15, -0.1) is 0 Å². The number of aromatic nitrogens is 1. The van der Waals surface area contributed by atoms with E-state index in [9.17, 15) is 19.7 Å². The fourth-order valence-electron chi connectivity index (χ4n) is 4.01. The third-order valence-corrected chi connectivity index (χ3v) is 5.54. The Bertz CT molecular complexity index is 1040. The molecular weight excluding hydrogens is 398 g/mol. The molecular formula is C22H23N5O4. The van der Waals surface area contributed by atoms with Crippen molar-refractivity contribution in [2.24, 2.45) is 0 Å². The van der Waals surface area contributed by atoms with Gasteiger partial charge in [0, 0.05) is 50.6 Å². The van der Waals surface area contributed by atoms with E-state index in [1.807, 2.05) is 23.1 Å². The molecule has 0 N–H and O–H groups in total. The van der Waals surface area contributed by atoms with Crippen molar-refractivity contribution in [2.45, 2.75) is 19.9 Å². The third kappa shape index (κ3) is 3.74. The van der Waals surface area contributed by atoms with Gasteiger partial charge in [0.15, 0.2) is 0 Å². The summed E-state index contributed by atoms with van der Waals surface area (Å²) in [7, 11) is 0. The maximum atomic E-state index is 13.2. The number of piperazine rings is 1. The summed E-state index contributed by atoms with van der Waals surface area (Å²) >= 11 is 0. The Hall–Kier alpha value is -3.75. The van der Waals surface area contributed by atoms with Gasteiger partial charge in [-0.1, -0.05) is 6.07 Å². The molecule has 0 unspecified atom stereocenters. The van der Waals surface area contributed by atoms with E-state index in [1.54, 1.807) is 20.0 Å². The first-order chi connectivity index (χ1) is 14.9. The lowest BCUT2D eigenvalue weighted by Crippen LogP contribution is -2.48. The zero-order valence-electron chi connectivity index (χ0n) is 17.4. The van der Waals surface area contributed by atoms with Gasteiger partial charge in [0.25, 0.3) is 17.5 Å². The molecule has 0 radical (unpaired) electrons. The molecule has 3 heterocycles. The molecule has 2 aromatic rings. The molecule has 2 amide bonds. The van der Waals surface area contributed by atoms with E-state index in [-0.39, 0.29) is 23.5 Å². The lowest BCUT2D eigenvalue weighted by atomic mass is 10.0. The highest BCUT2D eigenvalue weighted by molar-refractivity contribution is 6.35. The first-order valence-corrected chi connectivity index (χ1v) is 10.2. The van der Waals surface area contributed by atoms with Crippen molar-refractivity contribution >= 4 is 28.9 Å². The summed E-state index contributed by atoms with van der Waals surface area (Å²) in [6, 6.07) is 11.2. The van der Waals surface area contributed by atoms with E-state index in [2.05, 4.69) is 9.88 Å². The number of nitro groups is 1. The van der Waals surface area contributed by atoms with Gasteiger partial charge < -0.3 is 9.80 Å². The second kappa shape index (κ2) is 8.17. The van der Waals surface area contributed by atoms with E-state index in [0.29, 0.717) is 43.0 Å². The van der Waals surface area contributed by atoms with E-state index in [0.717, 1.165) is 5.82 Å². The van der Waals surface area contributed by atoms with Crippen molar-refractivity contribution in [1.82, 2.24) is 14.8 Å². The van der Waals surface area contributed by atoms with Gasteiger partial charge in [-0.3, -0.25) is 24.6 Å². The molecule has 4 rings (SSSR count). The van der Waals surface area contributed by atoms with Crippen LogP contribution in [0.1, 0.15) is 19.4 Å². The van der Waals surface area contributed by atoms with E-state index < -0.39 is 4.92 Å². The van der Waals surface area contributed by atoms with Crippen molar-refractivity contribution in [3.63, 3.8) is 0 Å². The van der Waals surface area contributed by atoms with Crippen LogP contribution >= 0.6 is 0 Å². The molecule has 1 aromatic heterocycles. The summed E-state index contributed by atoms with van der Waals surface area (Å²) in [6.45, 7) is 6.05. The molecule has 2 aliphatic heterocycles. The van der Waals surface area contributed by atoms with Crippen LogP contribution in [-0.2, 0) is 9.59 Å². The van der Waals surface area contributed by atoms with Crippen molar-refractivity contribution in [1.29, 1.82) is 0 Å². The van der Waals surface area contributed by atoms with Crippen LogP contribution in [0.2, 0.25) is 0 Å². The van der Waals surface area contributed by atoms with E-state index >= 15 is 0 Å². The predicted octanol–water partition coefficient (Wildman–Crippen LogP) is 2.30. The van der Waals surface area contributed by atoms with Crippen LogP contribution in [0.3, 0.4) is 0 Å². The second-order valence-electron chi connectivity index (χ2n) is 7.76. The first kappa shape index (κ1) is 20.5. The number of nitrogens with zero attached hydrogens (tertiary/aromatic N) is 5. The van der Waals surface area contributed by atoms with Crippen LogP contribution in [0.5, 0.6) is 0 Å². The molecule has 9 nitrogen and oxygen atoms in total. The number of carbonyl (C=O) groups is 2. The molecule has 1 aromatic carbocycles. The summed E-state index contributed by atoms with van der Waals surface area (Å²) < 4.78 is 0. The maximum absolute atomic E-state index is 13.2. The lowest BCUT2D eigenvalue weighted by Gasteiger charge is -2.37. The summed E-state index contributed by atoms with van der Waals surface area (Å²) in [5.74, 6) is 0.194. The van der Waals surface area contributed by atoms with Crippen LogP contribution in [0.4, 0.5) is 11.5 Å². The molecule has 31 heavy (non-hydrogen) atoms. The van der Waals surface area contributed by atoms with Crippen LogP contribution < -0.4 is 4.90 Å². The topological polar surface area (TPSA) is 99.9 Å². The Morgan fingerprint density at radius 1 is 0.935 bits per heavy atom. The van der Waals surface area contributed by atoms with Crippen molar-refractivity contribution < 1.29 is 14.5 Å². The molecule has 0 spiro atoms. The highest BCUT2D eigenvalue weighted by atomic mass is 16.6. The number of carbonyl (C=O) groups excluding carboxylic acids is 2. The number of imide groups is 1. The molecule has 0 aliphatic carbocycles. The summed E-state index contributed by atoms with van der Waals surface area (Å²) in [6.07, 6.45) is 1.75. The molecule has 0 saturated carbocycles. The minimum atomic E-state index is -0.488. The van der Waals surface area contributed by atoms with Gasteiger partial charge in [0.2, 0.25) is 0 Å². The number of non-ortho nitro benzene ring substituents is 1. The van der Waals surface area contributed by atoms with Gasteiger partial charge in [-0.25, -0.2) is 4.98 Å². The Morgan fingerprint density at radius 2 is 1.58 bits per heavy atom. The van der Waals surface area contributed by atoms with Gasteiger partial charge in [0.1, 0.15) is 11.5 Å². The Labute approximate surface area is 179 Å². The van der Waals surface area contributed by atoms with Gasteiger partial charge >= 0.3 is 0 Å². The fraction of sp³-hybridized carbons (Fsp3) is 0.318. The standard InChI is InChI=1S/C22H23N5O4/c1-15(2)26-21(28)19(16-6-8-17(9-7-16)27(30)31)20(22(26)29)25-13-11-24(12-14-25)18-5-3-4-10-23-18/h3-10,15H,11-14H2,1-2H3. The largest absolute Gasteiger partial charge is 0.363 e. The van der Waals surface area contributed by atoms with Crippen molar-refractivity contribution in [3.8, 4) is 0 Å². The Morgan fingerprint density at radius 3 is 2.13 bits per heavy atom. The van der Waals surface area contributed by atoms with Crippen molar-refractivity contribution in [3.05, 3.63) is 70.0 Å². The van der Waals surface area contributed by atoms with Crippen LogP contribution in [-0.4, -0.2) is 63.7 Å². The summed E-state index contributed by atoms with van der Waals surface area (Å²) in [5, 5.41) is 11.0. The smallest absolute Gasteiger partial charge is 0.278 e. The zero-order chi connectivity index (χ0) is 22.1. The number of hydrogen-bond acceptors (Lipinski definition) is 7. The summed E-state index contributed by atoms with van der Waals surface area (Å²) in [5.41, 5.74) is 1.12. The number of hydrogen-bond donors (Lipinski definition) is 0. The number of amides is 2. The van der Waals surface area contributed by atoms with E-state index in [4.69, 9.17) is 0 Å². The van der Waals surface area contributed by atoms with Crippen LogP contribution in [0, 0.1) is 10.1 Å². The molecule has 0 bridgehead atoms. The molecule has 160 valence electrons. The normalized spacial score (nSPS) is 17.2. The second-order valence-corrected chi connectivity index (χ2v) is 7.76. The number of pyridine rings is 1. The van der Waals surface area contributed by atoms with Gasteiger partial charge in [-0.05, 0) is 43.7 Å². The highest BCUT2D eigenvalue weighted by Crippen LogP contribution is 2.34. The third-order valence-electron chi connectivity index (χ3n) is 5.54. The highest BCUT2D eigenvalue weighted by Gasteiger charge is 2.43. The SMILES string of the molecule is CC(C)N1C(=O)C(c2ccc([N+](=O)[O-])cc2)=C(N2CCN(c3ccccn3)CC2)C1=O. The lowest BCUT2D eigenvalue weighted by molar-refractivity contribution is -0.384. The van der Waals surface area contributed by atoms with Gasteiger partial charge in [-0.2, -0.15) is 0 Å². The molecule has 2 aliphatic rings. The Balaban J connectivity index is 1.66. The quantitative estimate of drug-likeness (QED) is 0.415. The summed E-state index contributed by atoms with van der Waals surface area (Å²) in [4.78, 5) is 46.7. The Kier molecular flexibility index (Phi) is 5.41. The minimum absolute atomic E-state index is 0.0626. The van der Waals surface area contributed by atoms with E-state index in [1.165, 1.54) is 29.2 Å². The first-order valence-electron chi connectivity index (χ1n) is 10.2. The molecule has 1 saturated heterocycles. The fourth-order valence-corrected chi connectivity index (χ4v) is 4.01. The molecule has 9 heteroatoms. The predicted molar refractivity (Wildman–Crippen MR) is 115 cm³/mol. The van der Waals surface area contributed by atoms with Gasteiger partial charge in [0.05, 0.1) is 10.5 Å². The number of benzene rings is 1. The molecule has 0 atom stereocenters. The average molecular weight is 421 g/mol. The minimum Gasteiger partial charge on any atom is -0.363 e. The number of rotatable bonds is 5. The average Bonchev–Trinajstić information content (AvgIpc) is 3.04. The monoisotopic (exact) mass is 421 g/mol. The number of anilines is 1. The molecule has 1 fully saturated rings.